The Morgan fingerprint density at radius 1 is 1.20 bits per heavy atom. The third-order valence-electron chi connectivity index (χ3n) is 4.31. The largest absolute Gasteiger partial charge is 0.363 e. The van der Waals surface area contributed by atoms with E-state index in [1.807, 2.05) is 25.1 Å². The number of nitrogens with one attached hydrogen (secondary N) is 1. The van der Waals surface area contributed by atoms with Crippen LogP contribution in [-0.4, -0.2) is 35.9 Å². The van der Waals surface area contributed by atoms with Gasteiger partial charge in [-0.1, -0.05) is 12.1 Å². The summed E-state index contributed by atoms with van der Waals surface area (Å²) in [6.07, 6.45) is 1.64. The first-order valence-electron chi connectivity index (χ1n) is 7.83. The summed E-state index contributed by atoms with van der Waals surface area (Å²) < 4.78 is 13.1. The predicted molar refractivity (Wildman–Crippen MR) is 91.4 cm³/mol. The Labute approximate surface area is 145 Å². The summed E-state index contributed by atoms with van der Waals surface area (Å²) in [7, 11) is 3.73. The number of aromatic nitrogens is 1. The lowest BCUT2D eigenvalue weighted by molar-refractivity contribution is -0.131. The molecule has 7 heteroatoms. The standard InChI is InChI=1S/C18H19FN4O2/c1-18(13-4-6-14(19)7-5-13)16(24)23(17(25)21-18)11-12-8-9-20-15(10-12)22(2)3/h4-10H,11H2,1-3H3,(H,21,25)/t18-/m1/s1. The second-order valence-corrected chi connectivity index (χ2v) is 6.37. The highest BCUT2D eigenvalue weighted by Gasteiger charge is 2.48. The summed E-state index contributed by atoms with van der Waals surface area (Å²) in [4.78, 5) is 32.5. The number of carbonyl (C=O) groups excluding carboxylic acids is 2. The van der Waals surface area contributed by atoms with Gasteiger partial charge in [-0.05, 0) is 42.3 Å². The number of carbonyl (C=O) groups is 2. The third kappa shape index (κ3) is 3.05. The second-order valence-electron chi connectivity index (χ2n) is 6.37. The first kappa shape index (κ1) is 16.9. The highest BCUT2D eigenvalue weighted by Crippen LogP contribution is 2.30. The number of nitrogens with zero attached hydrogens (tertiary/aromatic N) is 3. The van der Waals surface area contributed by atoms with Gasteiger partial charge in [-0.15, -0.1) is 0 Å². The molecule has 0 radical (unpaired) electrons. The number of hydrogen-bond acceptors (Lipinski definition) is 4. The Kier molecular flexibility index (Phi) is 4.16. The molecule has 0 spiro atoms. The molecule has 1 atom stereocenters. The van der Waals surface area contributed by atoms with Crippen LogP contribution in [0.15, 0.2) is 42.6 Å². The smallest absolute Gasteiger partial charge is 0.325 e. The van der Waals surface area contributed by atoms with Crippen molar-refractivity contribution in [2.45, 2.75) is 19.0 Å². The number of rotatable bonds is 4. The molecule has 1 aromatic carbocycles. The van der Waals surface area contributed by atoms with Gasteiger partial charge in [0.25, 0.3) is 5.91 Å². The van der Waals surface area contributed by atoms with Crippen LogP contribution >= 0.6 is 0 Å². The van der Waals surface area contributed by atoms with Crippen molar-refractivity contribution < 1.29 is 14.0 Å². The molecule has 0 aliphatic carbocycles. The predicted octanol–water partition coefficient (Wildman–Crippen LogP) is 2.25. The van der Waals surface area contributed by atoms with Gasteiger partial charge in [-0.2, -0.15) is 0 Å². The van der Waals surface area contributed by atoms with E-state index in [1.54, 1.807) is 19.2 Å². The van der Waals surface area contributed by atoms with E-state index in [-0.39, 0.29) is 12.5 Å². The van der Waals surface area contributed by atoms with Crippen molar-refractivity contribution >= 4 is 17.8 Å². The van der Waals surface area contributed by atoms with E-state index in [0.29, 0.717) is 5.56 Å². The molecule has 1 aliphatic heterocycles. The molecular weight excluding hydrogens is 323 g/mol. The van der Waals surface area contributed by atoms with Crippen molar-refractivity contribution in [2.75, 3.05) is 19.0 Å². The Hall–Kier alpha value is -2.96. The highest BCUT2D eigenvalue weighted by atomic mass is 19.1. The molecule has 1 aromatic heterocycles. The van der Waals surface area contributed by atoms with Gasteiger partial charge in [0.15, 0.2) is 0 Å². The van der Waals surface area contributed by atoms with Gasteiger partial charge in [0.2, 0.25) is 0 Å². The molecule has 3 rings (SSSR count). The number of urea groups is 1. The minimum absolute atomic E-state index is 0.144. The zero-order valence-electron chi connectivity index (χ0n) is 14.3. The Balaban J connectivity index is 1.86. The fourth-order valence-corrected chi connectivity index (χ4v) is 2.81. The first-order valence-corrected chi connectivity index (χ1v) is 7.83. The minimum Gasteiger partial charge on any atom is -0.363 e. The van der Waals surface area contributed by atoms with Crippen LogP contribution in [0.3, 0.4) is 0 Å². The maximum absolute atomic E-state index is 13.1. The summed E-state index contributed by atoms with van der Waals surface area (Å²) in [5.74, 6) is -0.0212. The maximum atomic E-state index is 13.1. The van der Waals surface area contributed by atoms with Crippen LogP contribution in [0.1, 0.15) is 18.1 Å². The van der Waals surface area contributed by atoms with Crippen molar-refractivity contribution in [3.05, 3.63) is 59.5 Å². The first-order chi connectivity index (χ1) is 11.8. The van der Waals surface area contributed by atoms with Crippen LogP contribution in [-0.2, 0) is 16.9 Å². The normalized spacial score (nSPS) is 19.9. The molecule has 0 saturated carbocycles. The van der Waals surface area contributed by atoms with Gasteiger partial charge < -0.3 is 10.2 Å². The fraction of sp³-hybridized carbons (Fsp3) is 0.278. The Morgan fingerprint density at radius 3 is 2.52 bits per heavy atom. The van der Waals surface area contributed by atoms with E-state index in [0.717, 1.165) is 16.3 Å². The van der Waals surface area contributed by atoms with Gasteiger partial charge in [-0.25, -0.2) is 14.2 Å². The van der Waals surface area contributed by atoms with Crippen LogP contribution in [0.2, 0.25) is 0 Å². The van der Waals surface area contributed by atoms with Crippen LogP contribution in [0.4, 0.5) is 15.0 Å². The van der Waals surface area contributed by atoms with E-state index < -0.39 is 17.4 Å². The molecule has 130 valence electrons. The number of imide groups is 1. The molecule has 1 aliphatic rings. The molecule has 1 N–H and O–H groups in total. The van der Waals surface area contributed by atoms with Crippen molar-refractivity contribution in [1.29, 1.82) is 0 Å². The van der Waals surface area contributed by atoms with Gasteiger partial charge in [0, 0.05) is 20.3 Å². The molecule has 6 nitrogen and oxygen atoms in total. The summed E-state index contributed by atoms with van der Waals surface area (Å²) in [5, 5.41) is 2.71. The lowest BCUT2D eigenvalue weighted by Crippen LogP contribution is -2.40. The highest BCUT2D eigenvalue weighted by molar-refractivity contribution is 6.07. The molecule has 1 fully saturated rings. The lowest BCUT2D eigenvalue weighted by Gasteiger charge is -2.22. The minimum atomic E-state index is -1.21. The van der Waals surface area contributed by atoms with Gasteiger partial charge in [0.1, 0.15) is 17.2 Å². The summed E-state index contributed by atoms with van der Waals surface area (Å²) >= 11 is 0. The average Bonchev–Trinajstić information content (AvgIpc) is 2.80. The Morgan fingerprint density at radius 2 is 1.88 bits per heavy atom. The summed E-state index contributed by atoms with van der Waals surface area (Å²) in [6.45, 7) is 1.77. The average molecular weight is 342 g/mol. The molecule has 25 heavy (non-hydrogen) atoms. The molecule has 3 amide bonds. The SMILES string of the molecule is CN(C)c1cc(CN2C(=O)N[C@](C)(c3ccc(F)cc3)C2=O)ccn1. The maximum Gasteiger partial charge on any atom is 0.325 e. The number of anilines is 1. The summed E-state index contributed by atoms with van der Waals surface area (Å²) in [5.41, 5.74) is 0.131. The van der Waals surface area contributed by atoms with Crippen LogP contribution < -0.4 is 10.2 Å². The molecule has 1 saturated heterocycles. The van der Waals surface area contributed by atoms with E-state index in [1.165, 1.54) is 24.3 Å². The monoisotopic (exact) mass is 342 g/mol. The second kappa shape index (κ2) is 6.16. The molecule has 0 unspecified atom stereocenters. The van der Waals surface area contributed by atoms with Crippen molar-refractivity contribution in [1.82, 2.24) is 15.2 Å². The third-order valence-corrected chi connectivity index (χ3v) is 4.31. The zero-order chi connectivity index (χ0) is 18.2. The van der Waals surface area contributed by atoms with Gasteiger partial charge >= 0.3 is 6.03 Å². The van der Waals surface area contributed by atoms with Crippen LogP contribution in [0.5, 0.6) is 0 Å². The van der Waals surface area contributed by atoms with E-state index in [4.69, 9.17) is 0 Å². The number of amides is 3. The van der Waals surface area contributed by atoms with Gasteiger partial charge in [0.05, 0.1) is 6.54 Å². The van der Waals surface area contributed by atoms with Crippen LogP contribution in [0.25, 0.3) is 0 Å². The molecule has 2 heterocycles. The number of benzene rings is 1. The van der Waals surface area contributed by atoms with E-state index in [2.05, 4.69) is 10.3 Å². The van der Waals surface area contributed by atoms with Crippen molar-refractivity contribution in [2.24, 2.45) is 0 Å². The molecule has 0 bridgehead atoms. The Bertz CT molecular complexity index is 822. The molecule has 2 aromatic rings. The van der Waals surface area contributed by atoms with Crippen molar-refractivity contribution in [3.8, 4) is 0 Å². The number of halogens is 1. The quantitative estimate of drug-likeness (QED) is 0.866. The number of hydrogen-bond donors (Lipinski definition) is 1. The topological polar surface area (TPSA) is 65.5 Å². The summed E-state index contributed by atoms with van der Waals surface area (Å²) in [6, 6.07) is 8.68. The number of pyridine rings is 1. The zero-order valence-corrected chi connectivity index (χ0v) is 14.3. The van der Waals surface area contributed by atoms with E-state index >= 15 is 0 Å². The van der Waals surface area contributed by atoms with Crippen LogP contribution in [0, 0.1) is 5.82 Å². The van der Waals surface area contributed by atoms with Gasteiger partial charge in [-0.3, -0.25) is 9.69 Å². The fourth-order valence-electron chi connectivity index (χ4n) is 2.81. The lowest BCUT2D eigenvalue weighted by atomic mass is 9.92. The van der Waals surface area contributed by atoms with Crippen molar-refractivity contribution in [3.63, 3.8) is 0 Å². The molecular formula is C18H19FN4O2. The van der Waals surface area contributed by atoms with E-state index in [9.17, 15) is 14.0 Å².